The first-order chi connectivity index (χ1) is 25.3. The van der Waals surface area contributed by atoms with E-state index in [1.165, 1.54) is 5.39 Å². The average molecular weight is 655 g/mol. The van der Waals surface area contributed by atoms with Gasteiger partial charge < -0.3 is 13.4 Å². The molecule has 0 N–H and O–H groups in total. The first kappa shape index (κ1) is 27.9. The molecule has 0 unspecified atom stereocenters. The number of fused-ring (bicyclic) bond motifs is 9. The molecule has 0 saturated carbocycles. The fraction of sp³-hybridized carbons (Fsp3) is 0. The van der Waals surface area contributed by atoms with E-state index in [0.717, 1.165) is 82.7 Å². The highest BCUT2D eigenvalue weighted by molar-refractivity contribution is 6.14. The monoisotopic (exact) mass is 654 g/mol. The third-order valence-electron chi connectivity index (χ3n) is 9.86. The third-order valence-corrected chi connectivity index (χ3v) is 9.86. The molecule has 51 heavy (non-hydrogen) atoms. The Morgan fingerprint density at radius 3 is 1.84 bits per heavy atom. The number of hydrogen-bond donors (Lipinski definition) is 0. The van der Waals surface area contributed by atoms with Crippen LogP contribution < -0.4 is 0 Å². The van der Waals surface area contributed by atoms with Gasteiger partial charge in [-0.1, -0.05) is 97.1 Å². The molecule has 0 aliphatic heterocycles. The molecule has 6 heteroatoms. The SMILES string of the molecule is c1ccc(-n2c3ccccc3c3cccc(-c4nc(-c5ccc6oc7ccccc7c6c5)nc(-c5cccc6oc7ccccc7c56)n4)c32)cc1. The molecule has 7 aromatic carbocycles. The van der Waals surface area contributed by atoms with Crippen molar-refractivity contribution in [2.24, 2.45) is 0 Å². The maximum atomic E-state index is 6.30. The van der Waals surface area contributed by atoms with Gasteiger partial charge in [-0.15, -0.1) is 0 Å². The number of benzene rings is 7. The zero-order valence-electron chi connectivity index (χ0n) is 27.1. The number of aromatic nitrogens is 4. The lowest BCUT2D eigenvalue weighted by molar-refractivity contribution is 0.668. The van der Waals surface area contributed by atoms with Crippen molar-refractivity contribution in [2.45, 2.75) is 0 Å². The standard InChI is InChI=1S/C45H26N4O2/c1-2-12-28(13-3-1)49-36-20-7-4-14-29(36)31-17-10-19-34(42(31)49)45-47-43(27-24-25-39-35(26-27)30-15-5-8-21-37(30)50-39)46-44(48-45)33-18-11-23-40-41(33)32-16-6-9-22-38(32)51-40/h1-26H. The summed E-state index contributed by atoms with van der Waals surface area (Å²) in [6, 6.07) is 53.8. The molecule has 0 aliphatic rings. The van der Waals surface area contributed by atoms with E-state index in [2.05, 4.69) is 95.6 Å². The van der Waals surface area contributed by atoms with Gasteiger partial charge in [-0.3, -0.25) is 0 Å². The minimum Gasteiger partial charge on any atom is -0.456 e. The highest BCUT2D eigenvalue weighted by Crippen LogP contribution is 2.40. The second-order valence-electron chi connectivity index (χ2n) is 12.8. The topological polar surface area (TPSA) is 69.9 Å². The molecule has 4 aromatic heterocycles. The van der Waals surface area contributed by atoms with E-state index in [-0.39, 0.29) is 0 Å². The molecule has 0 radical (unpaired) electrons. The first-order valence-electron chi connectivity index (χ1n) is 16.9. The van der Waals surface area contributed by atoms with Crippen molar-refractivity contribution in [1.82, 2.24) is 19.5 Å². The fourth-order valence-corrected chi connectivity index (χ4v) is 7.62. The Labute approximate surface area is 290 Å². The van der Waals surface area contributed by atoms with Crippen LogP contribution in [0.1, 0.15) is 0 Å². The lowest BCUT2D eigenvalue weighted by Gasteiger charge is -2.13. The van der Waals surface area contributed by atoms with Crippen LogP contribution in [-0.4, -0.2) is 19.5 Å². The summed E-state index contributed by atoms with van der Waals surface area (Å²) < 4.78 is 14.8. The van der Waals surface area contributed by atoms with E-state index >= 15 is 0 Å². The van der Waals surface area contributed by atoms with Gasteiger partial charge in [-0.2, -0.15) is 0 Å². The molecular formula is C45H26N4O2. The highest BCUT2D eigenvalue weighted by Gasteiger charge is 2.22. The molecule has 6 nitrogen and oxygen atoms in total. The molecule has 0 amide bonds. The van der Waals surface area contributed by atoms with Crippen LogP contribution in [0.25, 0.3) is 106 Å². The summed E-state index contributed by atoms with van der Waals surface area (Å²) in [4.78, 5) is 15.8. The van der Waals surface area contributed by atoms with Gasteiger partial charge in [-0.25, -0.2) is 15.0 Å². The van der Waals surface area contributed by atoms with Gasteiger partial charge in [0.2, 0.25) is 0 Å². The Bertz CT molecular complexity index is 3150. The molecule has 0 saturated heterocycles. The Kier molecular flexibility index (Phi) is 5.86. The summed E-state index contributed by atoms with van der Waals surface area (Å²) in [6.45, 7) is 0. The molecular weight excluding hydrogens is 629 g/mol. The summed E-state index contributed by atoms with van der Waals surface area (Å²) in [5.41, 5.74) is 9.17. The number of nitrogens with zero attached hydrogens (tertiary/aromatic N) is 4. The molecule has 11 rings (SSSR count). The largest absolute Gasteiger partial charge is 0.456 e. The summed E-state index contributed by atoms with van der Waals surface area (Å²) in [5, 5.41) is 6.36. The Morgan fingerprint density at radius 1 is 0.392 bits per heavy atom. The quantitative estimate of drug-likeness (QED) is 0.189. The van der Waals surface area contributed by atoms with E-state index in [4.69, 9.17) is 23.8 Å². The molecule has 0 spiro atoms. The normalized spacial score (nSPS) is 11.9. The second-order valence-corrected chi connectivity index (χ2v) is 12.8. The van der Waals surface area contributed by atoms with Crippen LogP contribution in [0.2, 0.25) is 0 Å². The number of furan rings is 2. The van der Waals surface area contributed by atoms with Crippen molar-refractivity contribution in [2.75, 3.05) is 0 Å². The molecule has 0 fully saturated rings. The van der Waals surface area contributed by atoms with Crippen molar-refractivity contribution < 1.29 is 8.83 Å². The van der Waals surface area contributed by atoms with Gasteiger partial charge in [0.1, 0.15) is 22.3 Å². The van der Waals surface area contributed by atoms with Crippen molar-refractivity contribution in [3.8, 4) is 39.9 Å². The summed E-state index contributed by atoms with van der Waals surface area (Å²) in [7, 11) is 0. The van der Waals surface area contributed by atoms with Crippen LogP contribution >= 0.6 is 0 Å². The zero-order chi connectivity index (χ0) is 33.5. The van der Waals surface area contributed by atoms with Gasteiger partial charge in [-0.05, 0) is 60.7 Å². The minimum atomic E-state index is 0.573. The smallest absolute Gasteiger partial charge is 0.166 e. The number of para-hydroxylation sites is 5. The average Bonchev–Trinajstić information content (AvgIpc) is 3.87. The maximum absolute atomic E-state index is 6.30. The van der Waals surface area contributed by atoms with Crippen LogP contribution in [0.3, 0.4) is 0 Å². The molecule has 4 heterocycles. The summed E-state index contributed by atoms with van der Waals surface area (Å²) in [6.07, 6.45) is 0. The fourth-order valence-electron chi connectivity index (χ4n) is 7.62. The lowest BCUT2D eigenvalue weighted by atomic mass is 10.0. The Balaban J connectivity index is 1.24. The van der Waals surface area contributed by atoms with E-state index in [1.54, 1.807) is 0 Å². The molecule has 238 valence electrons. The molecule has 0 aliphatic carbocycles. The summed E-state index contributed by atoms with van der Waals surface area (Å²) >= 11 is 0. The predicted octanol–water partition coefficient (Wildman–Crippen LogP) is 11.8. The number of hydrogen-bond acceptors (Lipinski definition) is 5. The zero-order valence-corrected chi connectivity index (χ0v) is 27.1. The van der Waals surface area contributed by atoms with Gasteiger partial charge >= 0.3 is 0 Å². The van der Waals surface area contributed by atoms with Crippen molar-refractivity contribution >= 4 is 65.7 Å². The second kappa shape index (κ2) is 10.7. The molecule has 0 bridgehead atoms. The van der Waals surface area contributed by atoms with Gasteiger partial charge in [0.15, 0.2) is 17.5 Å². The third kappa shape index (κ3) is 4.20. The van der Waals surface area contributed by atoms with Crippen molar-refractivity contribution in [3.05, 3.63) is 158 Å². The molecule has 11 aromatic rings. The summed E-state index contributed by atoms with van der Waals surface area (Å²) in [5.74, 6) is 1.73. The molecule has 0 atom stereocenters. The van der Waals surface area contributed by atoms with Crippen LogP contribution in [0.15, 0.2) is 167 Å². The van der Waals surface area contributed by atoms with E-state index in [9.17, 15) is 0 Å². The van der Waals surface area contributed by atoms with E-state index in [1.807, 2.05) is 66.7 Å². The predicted molar refractivity (Wildman–Crippen MR) is 205 cm³/mol. The van der Waals surface area contributed by atoms with Crippen LogP contribution in [0, 0.1) is 0 Å². The van der Waals surface area contributed by atoms with E-state index < -0.39 is 0 Å². The maximum Gasteiger partial charge on any atom is 0.166 e. The van der Waals surface area contributed by atoms with Crippen LogP contribution in [-0.2, 0) is 0 Å². The van der Waals surface area contributed by atoms with Gasteiger partial charge in [0, 0.05) is 54.7 Å². The van der Waals surface area contributed by atoms with Gasteiger partial charge in [0.25, 0.3) is 0 Å². The van der Waals surface area contributed by atoms with E-state index in [0.29, 0.717) is 17.5 Å². The van der Waals surface area contributed by atoms with Crippen molar-refractivity contribution in [3.63, 3.8) is 0 Å². The minimum absolute atomic E-state index is 0.573. The highest BCUT2D eigenvalue weighted by atomic mass is 16.3. The van der Waals surface area contributed by atoms with Crippen molar-refractivity contribution in [1.29, 1.82) is 0 Å². The van der Waals surface area contributed by atoms with Gasteiger partial charge in [0.05, 0.1) is 11.0 Å². The van der Waals surface area contributed by atoms with Crippen LogP contribution in [0.4, 0.5) is 0 Å². The Morgan fingerprint density at radius 2 is 0.980 bits per heavy atom. The van der Waals surface area contributed by atoms with Crippen LogP contribution in [0.5, 0.6) is 0 Å². The Hall–Kier alpha value is -7.05. The lowest BCUT2D eigenvalue weighted by Crippen LogP contribution is -2.02. The number of rotatable bonds is 4. The first-order valence-corrected chi connectivity index (χ1v) is 16.9.